The highest BCUT2D eigenvalue weighted by Crippen LogP contribution is 2.18. The van der Waals surface area contributed by atoms with E-state index in [9.17, 15) is 0 Å². The number of aromatic nitrogens is 4. The van der Waals surface area contributed by atoms with Gasteiger partial charge < -0.3 is 15.2 Å². The molecule has 3 heterocycles. The minimum absolute atomic E-state index is 0.220. The molecule has 0 aromatic carbocycles. The van der Waals surface area contributed by atoms with Crippen LogP contribution in [-0.4, -0.2) is 44.3 Å². The van der Waals surface area contributed by atoms with Crippen LogP contribution in [0.2, 0.25) is 0 Å². The lowest BCUT2D eigenvalue weighted by atomic mass is 10.1. The van der Waals surface area contributed by atoms with Crippen molar-refractivity contribution in [1.29, 1.82) is 0 Å². The number of nitrogens with zero attached hydrogens (tertiary/aromatic N) is 5. The summed E-state index contributed by atoms with van der Waals surface area (Å²) < 4.78 is 8.93. The Kier molecular flexibility index (Phi) is 3.81. The van der Waals surface area contributed by atoms with E-state index in [4.69, 9.17) is 10.3 Å². The van der Waals surface area contributed by atoms with Crippen LogP contribution in [0.15, 0.2) is 9.90 Å². The van der Waals surface area contributed by atoms with Crippen LogP contribution in [0.5, 0.6) is 0 Å². The van der Waals surface area contributed by atoms with E-state index in [0.717, 1.165) is 19.6 Å². The Morgan fingerprint density at radius 2 is 2.21 bits per heavy atom. The van der Waals surface area contributed by atoms with Crippen molar-refractivity contribution in [2.75, 3.05) is 19.6 Å². The average Bonchev–Trinajstić information content (AvgIpc) is 3.11. The molecular formula is C11H16N6OS. The van der Waals surface area contributed by atoms with E-state index in [-0.39, 0.29) is 6.04 Å². The SMILES string of the molecule is NC(CN1CCCCC1)c1noc(-c2csnn2)n1. The number of rotatable bonds is 4. The summed E-state index contributed by atoms with van der Waals surface area (Å²) in [4.78, 5) is 6.65. The van der Waals surface area contributed by atoms with Gasteiger partial charge >= 0.3 is 0 Å². The quantitative estimate of drug-likeness (QED) is 0.895. The van der Waals surface area contributed by atoms with Crippen molar-refractivity contribution in [2.45, 2.75) is 25.3 Å². The molecule has 0 saturated carbocycles. The summed E-state index contributed by atoms with van der Waals surface area (Å²) in [7, 11) is 0. The molecule has 19 heavy (non-hydrogen) atoms. The van der Waals surface area contributed by atoms with Gasteiger partial charge in [0.15, 0.2) is 11.5 Å². The molecule has 2 aromatic heterocycles. The highest BCUT2D eigenvalue weighted by molar-refractivity contribution is 7.03. The molecule has 8 heteroatoms. The fraction of sp³-hybridized carbons (Fsp3) is 0.636. The second-order valence-corrected chi connectivity index (χ2v) is 5.33. The van der Waals surface area contributed by atoms with Crippen molar-refractivity contribution in [3.63, 3.8) is 0 Å². The fourth-order valence-corrected chi connectivity index (χ4v) is 2.68. The highest BCUT2D eigenvalue weighted by atomic mass is 32.1. The van der Waals surface area contributed by atoms with E-state index in [0.29, 0.717) is 17.4 Å². The molecule has 1 aliphatic heterocycles. The predicted molar refractivity (Wildman–Crippen MR) is 70.4 cm³/mol. The normalized spacial score (nSPS) is 18.6. The van der Waals surface area contributed by atoms with Crippen molar-refractivity contribution in [2.24, 2.45) is 5.73 Å². The van der Waals surface area contributed by atoms with Crippen LogP contribution >= 0.6 is 11.5 Å². The minimum Gasteiger partial charge on any atom is -0.332 e. The van der Waals surface area contributed by atoms with E-state index < -0.39 is 0 Å². The Morgan fingerprint density at radius 3 is 2.95 bits per heavy atom. The largest absolute Gasteiger partial charge is 0.332 e. The molecule has 7 nitrogen and oxygen atoms in total. The van der Waals surface area contributed by atoms with Gasteiger partial charge in [-0.2, -0.15) is 4.98 Å². The fourth-order valence-electron chi connectivity index (χ4n) is 2.25. The van der Waals surface area contributed by atoms with Crippen LogP contribution in [0, 0.1) is 0 Å². The standard InChI is InChI=1S/C11H16N6OS/c12-8(6-17-4-2-1-3-5-17)10-13-11(18-15-10)9-7-19-16-14-9/h7-8H,1-6,12H2. The third-order valence-electron chi connectivity index (χ3n) is 3.26. The first-order chi connectivity index (χ1) is 9.33. The molecule has 1 unspecified atom stereocenters. The van der Waals surface area contributed by atoms with Crippen LogP contribution in [-0.2, 0) is 0 Å². The first-order valence-electron chi connectivity index (χ1n) is 6.42. The molecule has 1 aliphatic rings. The zero-order chi connectivity index (χ0) is 13.1. The molecule has 0 amide bonds. The van der Waals surface area contributed by atoms with Gasteiger partial charge in [-0.15, -0.1) is 5.10 Å². The molecule has 1 fully saturated rings. The predicted octanol–water partition coefficient (Wildman–Crippen LogP) is 1.07. The second kappa shape index (κ2) is 5.72. The zero-order valence-corrected chi connectivity index (χ0v) is 11.3. The number of hydrogen-bond acceptors (Lipinski definition) is 8. The Hall–Kier alpha value is -1.38. The lowest BCUT2D eigenvalue weighted by Crippen LogP contribution is -2.36. The lowest BCUT2D eigenvalue weighted by Gasteiger charge is -2.27. The third-order valence-corrected chi connectivity index (χ3v) is 3.76. The maximum Gasteiger partial charge on any atom is 0.279 e. The van der Waals surface area contributed by atoms with Crippen molar-refractivity contribution < 1.29 is 4.52 Å². The van der Waals surface area contributed by atoms with Gasteiger partial charge in [-0.05, 0) is 37.5 Å². The molecular weight excluding hydrogens is 264 g/mol. The first-order valence-corrected chi connectivity index (χ1v) is 7.25. The average molecular weight is 280 g/mol. The van der Waals surface area contributed by atoms with Gasteiger partial charge in [0.25, 0.3) is 5.89 Å². The molecule has 102 valence electrons. The summed E-state index contributed by atoms with van der Waals surface area (Å²) in [6, 6.07) is -0.220. The summed E-state index contributed by atoms with van der Waals surface area (Å²) in [5, 5.41) is 9.60. The van der Waals surface area contributed by atoms with Gasteiger partial charge in [0, 0.05) is 11.9 Å². The molecule has 3 rings (SSSR count). The molecule has 1 saturated heterocycles. The van der Waals surface area contributed by atoms with E-state index >= 15 is 0 Å². The Morgan fingerprint density at radius 1 is 1.37 bits per heavy atom. The van der Waals surface area contributed by atoms with Crippen molar-refractivity contribution in [3.8, 4) is 11.6 Å². The van der Waals surface area contributed by atoms with Gasteiger partial charge in [-0.1, -0.05) is 16.1 Å². The van der Waals surface area contributed by atoms with E-state index in [1.54, 1.807) is 5.38 Å². The molecule has 0 spiro atoms. The van der Waals surface area contributed by atoms with Crippen LogP contribution in [0.25, 0.3) is 11.6 Å². The summed E-state index contributed by atoms with van der Waals surface area (Å²) in [5.41, 5.74) is 6.74. The van der Waals surface area contributed by atoms with Gasteiger partial charge in [-0.25, -0.2) is 0 Å². The van der Waals surface area contributed by atoms with Crippen LogP contribution in [0.1, 0.15) is 31.1 Å². The van der Waals surface area contributed by atoms with Crippen molar-refractivity contribution in [3.05, 3.63) is 11.2 Å². The minimum atomic E-state index is -0.220. The number of hydrogen-bond donors (Lipinski definition) is 1. The third kappa shape index (κ3) is 2.96. The number of piperidine rings is 1. The molecule has 0 aliphatic carbocycles. The maximum atomic E-state index is 6.13. The number of likely N-dealkylation sites (tertiary alicyclic amines) is 1. The molecule has 0 radical (unpaired) electrons. The van der Waals surface area contributed by atoms with Crippen molar-refractivity contribution in [1.82, 2.24) is 24.6 Å². The summed E-state index contributed by atoms with van der Waals surface area (Å²) >= 11 is 1.25. The second-order valence-electron chi connectivity index (χ2n) is 4.72. The van der Waals surface area contributed by atoms with E-state index in [1.807, 2.05) is 0 Å². The van der Waals surface area contributed by atoms with Crippen molar-refractivity contribution >= 4 is 11.5 Å². The smallest absolute Gasteiger partial charge is 0.279 e. The first kappa shape index (κ1) is 12.6. The van der Waals surface area contributed by atoms with Gasteiger partial charge in [0.05, 0.1) is 6.04 Å². The molecule has 1 atom stereocenters. The van der Waals surface area contributed by atoms with Crippen LogP contribution in [0.3, 0.4) is 0 Å². The summed E-state index contributed by atoms with van der Waals surface area (Å²) in [6.07, 6.45) is 3.80. The summed E-state index contributed by atoms with van der Waals surface area (Å²) in [6.45, 7) is 2.98. The molecule has 2 aromatic rings. The molecule has 2 N–H and O–H groups in total. The molecule has 0 bridgehead atoms. The Balaban J connectivity index is 1.65. The van der Waals surface area contributed by atoms with Crippen LogP contribution in [0.4, 0.5) is 0 Å². The van der Waals surface area contributed by atoms with Gasteiger partial charge in [0.2, 0.25) is 0 Å². The highest BCUT2D eigenvalue weighted by Gasteiger charge is 2.20. The van der Waals surface area contributed by atoms with Gasteiger partial charge in [-0.3, -0.25) is 0 Å². The Bertz CT molecular complexity index is 507. The van der Waals surface area contributed by atoms with Crippen LogP contribution < -0.4 is 5.73 Å². The maximum absolute atomic E-state index is 6.13. The van der Waals surface area contributed by atoms with Gasteiger partial charge in [0.1, 0.15) is 0 Å². The van der Waals surface area contributed by atoms with E-state index in [2.05, 4.69) is 24.6 Å². The number of nitrogens with two attached hydrogens (primary N) is 1. The summed E-state index contributed by atoms with van der Waals surface area (Å²) in [5.74, 6) is 0.923. The monoisotopic (exact) mass is 280 g/mol. The zero-order valence-electron chi connectivity index (χ0n) is 10.5. The Labute approximate surface area is 115 Å². The van der Waals surface area contributed by atoms with E-state index in [1.165, 1.54) is 30.8 Å². The topological polar surface area (TPSA) is 94.0 Å². The lowest BCUT2D eigenvalue weighted by molar-refractivity contribution is 0.213.